The molecular formula is C18H16F2N2O3. The summed E-state index contributed by atoms with van der Waals surface area (Å²) in [5.41, 5.74) is 1.32. The number of amides is 1. The van der Waals surface area contributed by atoms with Crippen molar-refractivity contribution in [3.8, 4) is 22.8 Å². The lowest BCUT2D eigenvalue weighted by molar-refractivity contribution is -0.286. The molecule has 0 unspecified atom stereocenters. The van der Waals surface area contributed by atoms with Crippen LogP contribution < -0.4 is 9.47 Å². The summed E-state index contributed by atoms with van der Waals surface area (Å²) in [5.74, 6) is -0.129. The Labute approximate surface area is 143 Å². The van der Waals surface area contributed by atoms with Crippen LogP contribution in [-0.4, -0.2) is 35.2 Å². The monoisotopic (exact) mass is 346 g/mol. The quantitative estimate of drug-likeness (QED) is 0.832. The number of hydrogen-bond acceptors (Lipinski definition) is 4. The molecule has 0 aliphatic carbocycles. The summed E-state index contributed by atoms with van der Waals surface area (Å²) in [5, 5.41) is 0. The van der Waals surface area contributed by atoms with E-state index < -0.39 is 6.29 Å². The van der Waals surface area contributed by atoms with Gasteiger partial charge in [0, 0.05) is 24.8 Å². The SMILES string of the molecule is O=C(c1ccc(-c2cccc3c2OC(F)(F)O3)nc1)N1CCCCC1. The van der Waals surface area contributed by atoms with Crippen molar-refractivity contribution >= 4 is 5.91 Å². The topological polar surface area (TPSA) is 51.7 Å². The zero-order chi connectivity index (χ0) is 17.4. The fraction of sp³-hybridized carbons (Fsp3) is 0.333. The summed E-state index contributed by atoms with van der Waals surface area (Å²) >= 11 is 0. The van der Waals surface area contributed by atoms with Crippen LogP contribution in [0, 0.1) is 0 Å². The summed E-state index contributed by atoms with van der Waals surface area (Å²) in [6.45, 7) is 1.51. The number of nitrogens with zero attached hydrogens (tertiary/aromatic N) is 2. The van der Waals surface area contributed by atoms with Crippen molar-refractivity contribution in [2.75, 3.05) is 13.1 Å². The first-order chi connectivity index (χ1) is 12.0. The summed E-state index contributed by atoms with van der Waals surface area (Å²) in [4.78, 5) is 18.5. The maximum Gasteiger partial charge on any atom is 0.586 e. The van der Waals surface area contributed by atoms with E-state index in [4.69, 9.17) is 0 Å². The zero-order valence-electron chi connectivity index (χ0n) is 13.4. The number of carbonyl (C=O) groups excluding carboxylic acids is 1. The van der Waals surface area contributed by atoms with Gasteiger partial charge in [0.1, 0.15) is 0 Å². The van der Waals surface area contributed by atoms with Crippen molar-refractivity contribution in [1.29, 1.82) is 0 Å². The molecule has 0 radical (unpaired) electrons. The number of hydrogen-bond donors (Lipinski definition) is 0. The van der Waals surface area contributed by atoms with Gasteiger partial charge in [-0.25, -0.2) is 0 Å². The molecule has 2 aromatic rings. The second kappa shape index (κ2) is 5.98. The third-order valence-corrected chi connectivity index (χ3v) is 4.36. The molecule has 0 atom stereocenters. The Kier molecular flexibility index (Phi) is 3.78. The average molecular weight is 346 g/mol. The second-order valence-corrected chi connectivity index (χ2v) is 6.09. The highest BCUT2D eigenvalue weighted by atomic mass is 19.3. The first kappa shape index (κ1) is 15.8. The molecule has 5 nitrogen and oxygen atoms in total. The van der Waals surface area contributed by atoms with E-state index in [1.54, 1.807) is 24.3 Å². The number of fused-ring (bicyclic) bond motifs is 1. The van der Waals surface area contributed by atoms with E-state index in [9.17, 15) is 13.6 Å². The number of ether oxygens (including phenoxy) is 2. The van der Waals surface area contributed by atoms with E-state index in [-0.39, 0.29) is 17.4 Å². The Morgan fingerprint density at radius 1 is 1.08 bits per heavy atom. The molecule has 1 fully saturated rings. The van der Waals surface area contributed by atoms with Gasteiger partial charge in [-0.3, -0.25) is 9.78 Å². The zero-order valence-corrected chi connectivity index (χ0v) is 13.4. The van der Waals surface area contributed by atoms with E-state index in [2.05, 4.69) is 14.5 Å². The molecule has 0 saturated carbocycles. The van der Waals surface area contributed by atoms with Crippen molar-refractivity contribution in [2.24, 2.45) is 0 Å². The molecule has 0 N–H and O–H groups in total. The van der Waals surface area contributed by atoms with Gasteiger partial charge >= 0.3 is 6.29 Å². The number of likely N-dealkylation sites (tertiary alicyclic amines) is 1. The van der Waals surface area contributed by atoms with Gasteiger partial charge in [0.2, 0.25) is 0 Å². The van der Waals surface area contributed by atoms with Gasteiger partial charge in [0.25, 0.3) is 5.91 Å². The number of carbonyl (C=O) groups is 1. The summed E-state index contributed by atoms with van der Waals surface area (Å²) in [6, 6.07) is 7.92. The van der Waals surface area contributed by atoms with Crippen LogP contribution in [0.25, 0.3) is 11.3 Å². The van der Waals surface area contributed by atoms with Crippen LogP contribution in [0.5, 0.6) is 11.5 Å². The Hall–Kier alpha value is -2.70. The predicted octanol–water partition coefficient (Wildman–Crippen LogP) is 3.70. The van der Waals surface area contributed by atoms with E-state index >= 15 is 0 Å². The molecule has 4 rings (SSSR count). The number of piperidine rings is 1. The van der Waals surface area contributed by atoms with Gasteiger partial charge < -0.3 is 14.4 Å². The molecule has 1 aromatic carbocycles. The van der Waals surface area contributed by atoms with Crippen molar-refractivity contribution in [2.45, 2.75) is 25.6 Å². The summed E-state index contributed by atoms with van der Waals surface area (Å²) in [6.07, 6.45) is 0.965. The number of pyridine rings is 1. The maximum atomic E-state index is 13.3. The van der Waals surface area contributed by atoms with Gasteiger partial charge in [-0.15, -0.1) is 8.78 Å². The average Bonchev–Trinajstić information content (AvgIpc) is 2.96. The fourth-order valence-corrected chi connectivity index (χ4v) is 3.13. The van der Waals surface area contributed by atoms with Crippen molar-refractivity contribution in [1.82, 2.24) is 9.88 Å². The highest BCUT2D eigenvalue weighted by Gasteiger charge is 2.44. The number of benzene rings is 1. The highest BCUT2D eigenvalue weighted by molar-refractivity contribution is 5.94. The van der Waals surface area contributed by atoms with Crippen LogP contribution in [0.3, 0.4) is 0 Å². The minimum Gasteiger partial charge on any atom is -0.395 e. The van der Waals surface area contributed by atoms with E-state index in [1.807, 2.05) is 4.90 Å². The van der Waals surface area contributed by atoms with E-state index in [1.165, 1.54) is 12.3 Å². The van der Waals surface area contributed by atoms with Crippen LogP contribution in [0.4, 0.5) is 8.78 Å². The highest BCUT2D eigenvalue weighted by Crippen LogP contribution is 2.46. The third kappa shape index (κ3) is 3.01. The van der Waals surface area contributed by atoms with Crippen molar-refractivity contribution < 1.29 is 23.0 Å². The minimum absolute atomic E-state index is 0.0298. The van der Waals surface area contributed by atoms with Gasteiger partial charge in [-0.05, 0) is 43.5 Å². The van der Waals surface area contributed by atoms with Gasteiger partial charge in [0.15, 0.2) is 11.5 Å². The predicted molar refractivity (Wildman–Crippen MR) is 85.6 cm³/mol. The van der Waals surface area contributed by atoms with Crippen LogP contribution in [0.15, 0.2) is 36.5 Å². The normalized spacial score (nSPS) is 18.2. The number of halogens is 2. The lowest BCUT2D eigenvalue weighted by Crippen LogP contribution is -2.35. The molecular weight excluding hydrogens is 330 g/mol. The second-order valence-electron chi connectivity index (χ2n) is 6.09. The van der Waals surface area contributed by atoms with Gasteiger partial charge in [-0.2, -0.15) is 0 Å². The largest absolute Gasteiger partial charge is 0.586 e. The molecule has 130 valence electrons. The Bertz CT molecular complexity index is 802. The first-order valence-corrected chi connectivity index (χ1v) is 8.18. The minimum atomic E-state index is -3.68. The lowest BCUT2D eigenvalue weighted by Gasteiger charge is -2.26. The number of para-hydroxylation sites is 1. The third-order valence-electron chi connectivity index (χ3n) is 4.36. The van der Waals surface area contributed by atoms with Crippen LogP contribution in [0.1, 0.15) is 29.6 Å². The molecule has 2 aliphatic heterocycles. The Balaban J connectivity index is 1.60. The van der Waals surface area contributed by atoms with Crippen LogP contribution in [-0.2, 0) is 0 Å². The van der Waals surface area contributed by atoms with E-state index in [0.29, 0.717) is 16.8 Å². The molecule has 1 saturated heterocycles. The molecule has 2 aliphatic rings. The Morgan fingerprint density at radius 2 is 1.88 bits per heavy atom. The molecule has 3 heterocycles. The maximum absolute atomic E-state index is 13.3. The first-order valence-electron chi connectivity index (χ1n) is 8.18. The molecule has 7 heteroatoms. The van der Waals surface area contributed by atoms with Crippen molar-refractivity contribution in [3.63, 3.8) is 0 Å². The van der Waals surface area contributed by atoms with E-state index in [0.717, 1.165) is 32.4 Å². The van der Waals surface area contributed by atoms with Crippen LogP contribution in [0.2, 0.25) is 0 Å². The molecule has 25 heavy (non-hydrogen) atoms. The standard InChI is InChI=1S/C18H16F2N2O3/c19-18(20)24-15-6-4-5-13(16(15)25-18)14-8-7-12(11-21-14)17(23)22-9-2-1-3-10-22/h4-8,11H,1-3,9-10H2. The summed E-state index contributed by atoms with van der Waals surface area (Å²) in [7, 11) is 0. The Morgan fingerprint density at radius 3 is 2.60 bits per heavy atom. The molecule has 0 spiro atoms. The summed E-state index contributed by atoms with van der Waals surface area (Å²) < 4.78 is 35.6. The van der Waals surface area contributed by atoms with Crippen LogP contribution >= 0.6 is 0 Å². The number of aromatic nitrogens is 1. The molecule has 0 bridgehead atoms. The van der Waals surface area contributed by atoms with Gasteiger partial charge in [0.05, 0.1) is 11.3 Å². The van der Waals surface area contributed by atoms with Crippen molar-refractivity contribution in [3.05, 3.63) is 42.1 Å². The fourth-order valence-electron chi connectivity index (χ4n) is 3.13. The number of rotatable bonds is 2. The number of alkyl halides is 2. The smallest absolute Gasteiger partial charge is 0.395 e. The molecule has 1 aromatic heterocycles. The molecule has 1 amide bonds. The lowest BCUT2D eigenvalue weighted by atomic mass is 10.1. The van der Waals surface area contributed by atoms with Gasteiger partial charge in [-0.1, -0.05) is 6.07 Å².